The van der Waals surface area contributed by atoms with Gasteiger partial charge in [-0.2, -0.15) is 0 Å². The molecule has 2 aromatic carbocycles. The Morgan fingerprint density at radius 1 is 1.04 bits per heavy atom. The maximum absolute atomic E-state index is 12.2. The molecule has 2 rings (SSSR count). The first kappa shape index (κ1) is 23.4. The Bertz CT molecular complexity index is 825. The van der Waals surface area contributed by atoms with Gasteiger partial charge in [-0.3, -0.25) is 4.99 Å². The monoisotopic (exact) mass is 502 g/mol. The summed E-state index contributed by atoms with van der Waals surface area (Å²) < 4.78 is 27.1. The fourth-order valence-electron chi connectivity index (χ4n) is 2.39. The van der Waals surface area contributed by atoms with Crippen molar-refractivity contribution < 1.29 is 8.42 Å². The van der Waals surface area contributed by atoms with Crippen molar-refractivity contribution in [2.45, 2.75) is 24.8 Å². The number of guanidine groups is 1. The summed E-state index contributed by atoms with van der Waals surface area (Å²) in [7, 11) is -1.81. The summed E-state index contributed by atoms with van der Waals surface area (Å²) in [6, 6.07) is 16.9. The summed E-state index contributed by atoms with van der Waals surface area (Å²) in [5, 5.41) is 6.40. The van der Waals surface area contributed by atoms with Crippen LogP contribution < -0.4 is 15.4 Å². The Hall–Kier alpha value is -1.65. The van der Waals surface area contributed by atoms with Crippen LogP contribution in [0.3, 0.4) is 0 Å². The van der Waals surface area contributed by atoms with E-state index in [1.54, 1.807) is 31.3 Å². The highest BCUT2D eigenvalue weighted by atomic mass is 127. The molecule has 0 heterocycles. The van der Waals surface area contributed by atoms with Crippen molar-refractivity contribution in [3.63, 3.8) is 0 Å². The van der Waals surface area contributed by atoms with E-state index < -0.39 is 10.0 Å². The minimum absolute atomic E-state index is 0. The number of aliphatic imine (C=N–C) groups is 1. The number of benzene rings is 2. The van der Waals surface area contributed by atoms with Crippen molar-refractivity contribution >= 4 is 40.0 Å². The molecule has 0 radical (unpaired) electrons. The van der Waals surface area contributed by atoms with E-state index in [1.165, 1.54) is 0 Å². The summed E-state index contributed by atoms with van der Waals surface area (Å²) >= 11 is 0. The van der Waals surface area contributed by atoms with Crippen molar-refractivity contribution in [3.05, 3.63) is 65.7 Å². The van der Waals surface area contributed by atoms with Crippen molar-refractivity contribution in [2.75, 3.05) is 20.1 Å². The Morgan fingerprint density at radius 3 is 2.26 bits per heavy atom. The van der Waals surface area contributed by atoms with E-state index in [2.05, 4.69) is 20.3 Å². The quantitative estimate of drug-likeness (QED) is 0.236. The predicted molar refractivity (Wildman–Crippen MR) is 121 cm³/mol. The lowest BCUT2D eigenvalue weighted by Gasteiger charge is -2.18. The van der Waals surface area contributed by atoms with E-state index in [1.807, 2.05) is 44.2 Å². The summed E-state index contributed by atoms with van der Waals surface area (Å²) in [5.41, 5.74) is 2.17. The number of sulfonamides is 1. The van der Waals surface area contributed by atoms with Crippen LogP contribution in [0.4, 0.5) is 0 Å². The molecule has 0 saturated carbocycles. The summed E-state index contributed by atoms with van der Waals surface area (Å²) in [6.07, 6.45) is 0. The molecule has 0 aromatic heterocycles. The number of hydrogen-bond acceptors (Lipinski definition) is 3. The molecule has 2 aromatic rings. The molecule has 27 heavy (non-hydrogen) atoms. The van der Waals surface area contributed by atoms with Gasteiger partial charge >= 0.3 is 0 Å². The van der Waals surface area contributed by atoms with Gasteiger partial charge in [-0.15, -0.1) is 24.0 Å². The molecule has 8 heteroatoms. The van der Waals surface area contributed by atoms with Gasteiger partial charge in [0.15, 0.2) is 5.96 Å². The van der Waals surface area contributed by atoms with Gasteiger partial charge in [0.1, 0.15) is 0 Å². The van der Waals surface area contributed by atoms with Crippen molar-refractivity contribution in [2.24, 2.45) is 4.99 Å². The lowest BCUT2D eigenvalue weighted by atomic mass is 10.1. The molecule has 148 valence electrons. The van der Waals surface area contributed by atoms with Crippen LogP contribution in [-0.4, -0.2) is 34.5 Å². The predicted octanol–water partition coefficient (Wildman–Crippen LogP) is 2.82. The van der Waals surface area contributed by atoms with Crippen LogP contribution in [0.5, 0.6) is 0 Å². The molecule has 0 aliphatic heterocycles. The highest BCUT2D eigenvalue weighted by Crippen LogP contribution is 2.11. The number of aryl methyl sites for hydroxylation is 1. The van der Waals surface area contributed by atoms with Crippen LogP contribution in [0.25, 0.3) is 0 Å². The highest BCUT2D eigenvalue weighted by molar-refractivity contribution is 14.0. The Balaban J connectivity index is 0.00000364. The third-order valence-electron chi connectivity index (χ3n) is 3.92. The fraction of sp³-hybridized carbons (Fsp3) is 0.316. The van der Waals surface area contributed by atoms with E-state index in [9.17, 15) is 8.42 Å². The second-order valence-electron chi connectivity index (χ2n) is 5.99. The fourth-order valence-corrected chi connectivity index (χ4v) is 3.42. The van der Waals surface area contributed by atoms with Gasteiger partial charge in [0.05, 0.1) is 10.9 Å². The normalized spacial score (nSPS) is 12.8. The van der Waals surface area contributed by atoms with Gasteiger partial charge < -0.3 is 10.6 Å². The van der Waals surface area contributed by atoms with Crippen LogP contribution in [0.15, 0.2) is 64.5 Å². The number of nitrogens with one attached hydrogen (secondary N) is 3. The van der Waals surface area contributed by atoms with Gasteiger partial charge in [0.2, 0.25) is 10.0 Å². The number of halogens is 1. The highest BCUT2D eigenvalue weighted by Gasteiger charge is 2.13. The molecule has 3 N–H and O–H groups in total. The largest absolute Gasteiger partial charge is 0.355 e. The van der Waals surface area contributed by atoms with E-state index in [4.69, 9.17) is 0 Å². The molecule has 0 saturated heterocycles. The zero-order chi connectivity index (χ0) is 19.0. The number of hydrogen-bond donors (Lipinski definition) is 3. The Kier molecular flexibility index (Phi) is 9.75. The van der Waals surface area contributed by atoms with E-state index in [0.717, 1.165) is 11.1 Å². The third kappa shape index (κ3) is 7.47. The molecule has 6 nitrogen and oxygen atoms in total. The van der Waals surface area contributed by atoms with Crippen LogP contribution in [-0.2, 0) is 10.0 Å². The van der Waals surface area contributed by atoms with E-state index in [0.29, 0.717) is 12.5 Å². The average molecular weight is 502 g/mol. The lowest BCUT2D eigenvalue weighted by molar-refractivity contribution is 0.580. The molecular formula is C19H27IN4O2S. The standard InChI is InChI=1S/C19H26N4O2S.HI/c1-15-9-11-18(12-10-15)26(24,25)22-14-13-21-19(20-3)23-16(2)17-7-5-4-6-8-17;/h4-12,16,22H,13-14H2,1-3H3,(H2,20,21,23);1H. The van der Waals surface area contributed by atoms with Crippen LogP contribution >= 0.6 is 24.0 Å². The second kappa shape index (κ2) is 11.3. The topological polar surface area (TPSA) is 82.6 Å². The summed E-state index contributed by atoms with van der Waals surface area (Å²) in [6.45, 7) is 4.65. The molecule has 0 spiro atoms. The molecule has 1 unspecified atom stereocenters. The van der Waals surface area contributed by atoms with Crippen LogP contribution in [0.1, 0.15) is 24.1 Å². The summed E-state index contributed by atoms with van der Waals surface area (Å²) in [5.74, 6) is 0.621. The lowest BCUT2D eigenvalue weighted by Crippen LogP contribution is -2.42. The number of nitrogens with zero attached hydrogens (tertiary/aromatic N) is 1. The van der Waals surface area contributed by atoms with Gasteiger partial charge in [0.25, 0.3) is 0 Å². The molecular weight excluding hydrogens is 475 g/mol. The number of rotatable bonds is 7. The molecule has 0 bridgehead atoms. The van der Waals surface area contributed by atoms with Gasteiger partial charge in [-0.25, -0.2) is 13.1 Å². The maximum Gasteiger partial charge on any atom is 0.240 e. The zero-order valence-electron chi connectivity index (χ0n) is 15.8. The molecule has 0 amide bonds. The van der Waals surface area contributed by atoms with Gasteiger partial charge in [-0.1, -0.05) is 48.0 Å². The molecule has 0 aliphatic carbocycles. The second-order valence-corrected chi connectivity index (χ2v) is 7.75. The molecule has 0 fully saturated rings. The van der Waals surface area contributed by atoms with Gasteiger partial charge in [-0.05, 0) is 31.5 Å². The maximum atomic E-state index is 12.2. The SMILES string of the molecule is CN=C(NCCNS(=O)(=O)c1ccc(C)cc1)NC(C)c1ccccc1.I. The first-order chi connectivity index (χ1) is 12.4. The minimum Gasteiger partial charge on any atom is -0.355 e. The van der Waals surface area contributed by atoms with Crippen LogP contribution in [0, 0.1) is 6.92 Å². The molecule has 1 atom stereocenters. The van der Waals surface area contributed by atoms with E-state index >= 15 is 0 Å². The van der Waals surface area contributed by atoms with Crippen molar-refractivity contribution in [1.82, 2.24) is 15.4 Å². The zero-order valence-corrected chi connectivity index (χ0v) is 18.9. The third-order valence-corrected chi connectivity index (χ3v) is 5.39. The van der Waals surface area contributed by atoms with Crippen molar-refractivity contribution in [3.8, 4) is 0 Å². The Morgan fingerprint density at radius 2 is 1.67 bits per heavy atom. The minimum atomic E-state index is -3.50. The first-order valence-electron chi connectivity index (χ1n) is 8.51. The Labute approximate surface area is 178 Å². The van der Waals surface area contributed by atoms with Crippen molar-refractivity contribution in [1.29, 1.82) is 0 Å². The van der Waals surface area contributed by atoms with Crippen LogP contribution in [0.2, 0.25) is 0 Å². The molecule has 0 aliphatic rings. The van der Waals surface area contributed by atoms with E-state index in [-0.39, 0.29) is 41.5 Å². The smallest absolute Gasteiger partial charge is 0.240 e. The average Bonchev–Trinajstić information content (AvgIpc) is 2.65. The first-order valence-corrected chi connectivity index (χ1v) is 9.99. The van der Waals surface area contributed by atoms with Gasteiger partial charge in [0, 0.05) is 20.1 Å². The summed E-state index contributed by atoms with van der Waals surface area (Å²) in [4.78, 5) is 4.44.